The molecule has 1 aliphatic rings. The average molecular weight is 530 g/mol. The lowest BCUT2D eigenvalue weighted by Gasteiger charge is -2.32. The number of rotatable bonds is 6. The maximum Gasteiger partial charge on any atom is 0.280 e. The second-order valence-electron chi connectivity index (χ2n) is 11.0. The smallest absolute Gasteiger partial charge is 0.280 e. The van der Waals surface area contributed by atoms with Gasteiger partial charge in [-0.1, -0.05) is 39.0 Å². The maximum absolute atomic E-state index is 15.4. The minimum Gasteiger partial charge on any atom is -0.387 e. The Bertz CT molecular complexity index is 1330. The zero-order valence-corrected chi connectivity index (χ0v) is 22.4. The number of carbonyl (C=O) groups excluding carboxylic acids is 1. The lowest BCUT2D eigenvalue weighted by Crippen LogP contribution is -2.39. The van der Waals surface area contributed by atoms with Crippen LogP contribution in [0.5, 0.6) is 0 Å². The Morgan fingerprint density at radius 1 is 1.21 bits per heavy atom. The number of amides is 1. The number of nitrogens with zero attached hydrogens (tertiary/aromatic N) is 4. The first kappa shape index (κ1) is 27.8. The number of nitrogens with one attached hydrogen (secondary N) is 1. The number of aromatic nitrogens is 3. The third-order valence-corrected chi connectivity index (χ3v) is 7.41. The first-order chi connectivity index (χ1) is 17.8. The minimum atomic E-state index is -3.36. The molecule has 0 spiro atoms. The van der Waals surface area contributed by atoms with E-state index in [2.05, 4.69) is 20.3 Å². The molecule has 1 atom stereocenters. The van der Waals surface area contributed by atoms with Gasteiger partial charge in [0.1, 0.15) is 24.6 Å². The van der Waals surface area contributed by atoms with Crippen LogP contribution in [0.25, 0.3) is 11.0 Å². The number of halogens is 3. The molecule has 3 heterocycles. The molecule has 4 rings (SSSR count). The first-order valence-electron chi connectivity index (χ1n) is 12.8. The molecule has 0 aliphatic carbocycles. The highest BCUT2D eigenvalue weighted by Gasteiger charge is 2.47. The molecule has 0 unspecified atom stereocenters. The molecule has 0 bridgehead atoms. The number of carbonyl (C=O) groups is 1. The minimum absolute atomic E-state index is 0.111. The molecule has 0 radical (unpaired) electrons. The van der Waals surface area contributed by atoms with Crippen molar-refractivity contribution >= 4 is 22.8 Å². The number of benzene rings is 1. The van der Waals surface area contributed by atoms with Gasteiger partial charge in [-0.3, -0.25) is 4.79 Å². The van der Waals surface area contributed by atoms with E-state index in [4.69, 9.17) is 5.11 Å². The van der Waals surface area contributed by atoms with Crippen LogP contribution in [0, 0.1) is 18.2 Å². The Kier molecular flexibility index (Phi) is 7.65. The summed E-state index contributed by atoms with van der Waals surface area (Å²) in [5.41, 5.74) is 0.335. The predicted octanol–water partition coefficient (Wildman–Crippen LogP) is 5.48. The second-order valence-corrected chi connectivity index (χ2v) is 11.0. The largest absolute Gasteiger partial charge is 0.387 e. The fourth-order valence-electron chi connectivity index (χ4n) is 4.97. The molecule has 1 saturated heterocycles. The molecule has 7 nitrogen and oxygen atoms in total. The number of fused-ring (bicyclic) bond motifs is 1. The molecular weight excluding hydrogens is 495 g/mol. The predicted molar refractivity (Wildman–Crippen MR) is 139 cm³/mol. The van der Waals surface area contributed by atoms with Gasteiger partial charge in [0, 0.05) is 29.8 Å². The quantitative estimate of drug-likeness (QED) is 0.439. The molecule has 204 valence electrons. The van der Waals surface area contributed by atoms with Crippen molar-refractivity contribution in [1.29, 1.82) is 0 Å². The topological polar surface area (TPSA) is 91.2 Å². The molecule has 1 fully saturated rings. The zero-order valence-electron chi connectivity index (χ0n) is 22.4. The zero-order chi connectivity index (χ0) is 27.8. The number of aryl methyl sites for hydroxylation is 1. The number of pyridine rings is 1. The van der Waals surface area contributed by atoms with Gasteiger partial charge < -0.3 is 15.3 Å². The highest BCUT2D eigenvalue weighted by molar-refractivity contribution is 5.87. The summed E-state index contributed by atoms with van der Waals surface area (Å²) in [5, 5.41) is 13.0. The van der Waals surface area contributed by atoms with E-state index < -0.39 is 35.4 Å². The van der Waals surface area contributed by atoms with Crippen LogP contribution in [0.15, 0.2) is 30.6 Å². The summed E-state index contributed by atoms with van der Waals surface area (Å²) in [6.07, 6.45) is 2.82. The fourth-order valence-corrected chi connectivity index (χ4v) is 4.97. The second kappa shape index (κ2) is 10.5. The molecule has 10 heteroatoms. The highest BCUT2D eigenvalue weighted by Crippen LogP contribution is 2.46. The van der Waals surface area contributed by atoms with Crippen molar-refractivity contribution < 1.29 is 23.1 Å². The first-order valence-corrected chi connectivity index (χ1v) is 12.8. The third kappa shape index (κ3) is 5.18. The molecular formula is C28H34F3N5O2. The fraction of sp³-hybridized carbons (Fsp3) is 0.500. The Hall–Kier alpha value is -3.27. The molecule has 2 N–H and O–H groups in total. The standard InChI is InChI=1S/C28H34F3N5O2/c1-16(19-7-6-8-22(24(19)29)28(30,31)27(3,4)5)34-25-21-13-20(17(2)35-26(21)33-15-32-25)18-9-11-36(12-10-18)23(38)14-37/h6-8,13,15-16,18,37H,9-12,14H2,1-5H3,(H,32,33,34,35)/t16-/m1/s1. The lowest BCUT2D eigenvalue weighted by molar-refractivity contribution is -0.135. The summed E-state index contributed by atoms with van der Waals surface area (Å²) < 4.78 is 45.5. The van der Waals surface area contributed by atoms with E-state index in [1.807, 2.05) is 13.0 Å². The normalized spacial score (nSPS) is 16.1. The van der Waals surface area contributed by atoms with Crippen LogP contribution in [-0.2, 0) is 10.7 Å². The van der Waals surface area contributed by atoms with E-state index in [0.717, 1.165) is 30.2 Å². The van der Waals surface area contributed by atoms with E-state index in [-0.39, 0.29) is 17.4 Å². The number of hydrogen-bond donors (Lipinski definition) is 2. The van der Waals surface area contributed by atoms with Gasteiger partial charge in [0.15, 0.2) is 5.65 Å². The Labute approximate surface area is 220 Å². The van der Waals surface area contributed by atoms with Crippen molar-refractivity contribution in [3.8, 4) is 0 Å². The van der Waals surface area contributed by atoms with Gasteiger partial charge in [-0.25, -0.2) is 28.1 Å². The van der Waals surface area contributed by atoms with Crippen molar-refractivity contribution in [3.05, 3.63) is 58.8 Å². The molecule has 3 aromatic rings. The number of piperidine rings is 1. The van der Waals surface area contributed by atoms with Crippen molar-refractivity contribution in [1.82, 2.24) is 19.9 Å². The average Bonchev–Trinajstić information content (AvgIpc) is 2.87. The van der Waals surface area contributed by atoms with Gasteiger partial charge in [0.25, 0.3) is 5.92 Å². The highest BCUT2D eigenvalue weighted by atomic mass is 19.3. The SMILES string of the molecule is Cc1nc2ncnc(N[C@H](C)c3cccc(C(F)(F)C(C)(C)C)c3F)c2cc1C1CCN(C(=O)CO)CC1. The summed E-state index contributed by atoms with van der Waals surface area (Å²) in [5.74, 6) is -3.99. The van der Waals surface area contributed by atoms with Gasteiger partial charge >= 0.3 is 0 Å². The van der Waals surface area contributed by atoms with Crippen LogP contribution in [0.3, 0.4) is 0 Å². The van der Waals surface area contributed by atoms with Gasteiger partial charge in [-0.2, -0.15) is 0 Å². The van der Waals surface area contributed by atoms with Gasteiger partial charge in [-0.15, -0.1) is 0 Å². The van der Waals surface area contributed by atoms with Crippen molar-refractivity contribution in [2.75, 3.05) is 25.0 Å². The van der Waals surface area contributed by atoms with Crippen molar-refractivity contribution in [2.45, 2.75) is 65.3 Å². The lowest BCUT2D eigenvalue weighted by atomic mass is 9.82. The van der Waals surface area contributed by atoms with Crippen LogP contribution in [0.1, 0.15) is 74.9 Å². The number of aliphatic hydroxyl groups excluding tert-OH is 1. The summed E-state index contributed by atoms with van der Waals surface area (Å²) in [4.78, 5) is 26.8. The van der Waals surface area contributed by atoms with E-state index in [9.17, 15) is 4.79 Å². The summed E-state index contributed by atoms with van der Waals surface area (Å²) >= 11 is 0. The Morgan fingerprint density at radius 2 is 1.89 bits per heavy atom. The van der Waals surface area contributed by atoms with Crippen LogP contribution >= 0.6 is 0 Å². The van der Waals surface area contributed by atoms with Crippen LogP contribution < -0.4 is 5.32 Å². The van der Waals surface area contributed by atoms with Gasteiger partial charge in [-0.05, 0) is 44.2 Å². The van der Waals surface area contributed by atoms with Crippen LogP contribution in [0.4, 0.5) is 19.0 Å². The van der Waals surface area contributed by atoms with Crippen LogP contribution in [-0.4, -0.2) is 50.6 Å². The number of likely N-dealkylation sites (tertiary alicyclic amines) is 1. The molecule has 0 saturated carbocycles. The molecule has 1 aliphatic heterocycles. The number of aliphatic hydroxyl groups is 1. The number of alkyl halides is 2. The number of anilines is 1. The molecule has 38 heavy (non-hydrogen) atoms. The van der Waals surface area contributed by atoms with E-state index >= 15 is 13.2 Å². The summed E-state index contributed by atoms with van der Waals surface area (Å²) in [6.45, 7) is 8.35. The Morgan fingerprint density at radius 3 is 2.53 bits per heavy atom. The molecule has 1 aromatic carbocycles. The van der Waals surface area contributed by atoms with E-state index in [1.165, 1.54) is 39.2 Å². The molecule has 2 aromatic heterocycles. The van der Waals surface area contributed by atoms with Crippen molar-refractivity contribution in [2.24, 2.45) is 5.41 Å². The van der Waals surface area contributed by atoms with E-state index in [1.54, 1.807) is 11.8 Å². The van der Waals surface area contributed by atoms with Gasteiger partial charge in [0.2, 0.25) is 5.91 Å². The number of hydrogen-bond acceptors (Lipinski definition) is 6. The van der Waals surface area contributed by atoms with Crippen molar-refractivity contribution in [3.63, 3.8) is 0 Å². The van der Waals surface area contributed by atoms with Gasteiger partial charge in [0.05, 0.1) is 17.0 Å². The Balaban J connectivity index is 1.64. The van der Waals surface area contributed by atoms with Crippen LogP contribution in [0.2, 0.25) is 0 Å². The van der Waals surface area contributed by atoms with E-state index in [0.29, 0.717) is 29.9 Å². The molecule has 1 amide bonds. The monoisotopic (exact) mass is 529 g/mol. The third-order valence-electron chi connectivity index (χ3n) is 7.41. The maximum atomic E-state index is 15.4. The summed E-state index contributed by atoms with van der Waals surface area (Å²) in [6, 6.07) is 5.38. The summed E-state index contributed by atoms with van der Waals surface area (Å²) in [7, 11) is 0.